The Morgan fingerprint density at radius 3 is 2.33 bits per heavy atom. The Hall–Kier alpha value is -0.790. The summed E-state index contributed by atoms with van der Waals surface area (Å²) in [7, 11) is 0. The first kappa shape index (κ1) is 14.2. The molecule has 0 saturated carbocycles. The van der Waals surface area contributed by atoms with Crippen molar-refractivity contribution in [1.82, 2.24) is 0 Å². The molecule has 2 atom stereocenters. The lowest BCUT2D eigenvalue weighted by Gasteiger charge is -2.12. The van der Waals surface area contributed by atoms with Crippen molar-refractivity contribution in [2.45, 2.75) is 47.0 Å². The Morgan fingerprint density at radius 1 is 1.33 bits per heavy atom. The number of rotatable bonds is 7. The molecule has 0 spiro atoms. The van der Waals surface area contributed by atoms with Crippen molar-refractivity contribution < 1.29 is 9.90 Å². The molecule has 0 aromatic rings. The van der Waals surface area contributed by atoms with E-state index in [0.29, 0.717) is 11.8 Å². The molecule has 2 unspecified atom stereocenters. The first-order valence-corrected chi connectivity index (χ1v) is 5.86. The molecule has 0 aliphatic carbocycles. The maximum absolute atomic E-state index is 10.8. The molecule has 0 aromatic heterocycles. The maximum Gasteiger partial charge on any atom is 0.306 e. The van der Waals surface area contributed by atoms with Gasteiger partial charge in [0.15, 0.2) is 0 Å². The molecule has 0 heterocycles. The van der Waals surface area contributed by atoms with E-state index in [1.54, 1.807) is 0 Å². The minimum absolute atomic E-state index is 0.191. The van der Waals surface area contributed by atoms with Crippen LogP contribution in [-0.4, -0.2) is 11.1 Å². The molecule has 0 aliphatic heterocycles. The summed E-state index contributed by atoms with van der Waals surface area (Å²) >= 11 is 0. The van der Waals surface area contributed by atoms with Gasteiger partial charge in [-0.3, -0.25) is 4.79 Å². The van der Waals surface area contributed by atoms with Crippen LogP contribution >= 0.6 is 0 Å². The van der Waals surface area contributed by atoms with Gasteiger partial charge in [-0.25, -0.2) is 0 Å². The van der Waals surface area contributed by atoms with Crippen molar-refractivity contribution in [3.05, 3.63) is 12.2 Å². The summed E-state index contributed by atoms with van der Waals surface area (Å²) in [4.78, 5) is 10.8. The standard InChI is InChI=1S/C13H24O2/c1-5-12(13(14)15)9-11(4)8-6-7-10(2)3/h6,8,10-12H,5,7,9H2,1-4H3,(H,14,15)/b8-6-. The molecule has 88 valence electrons. The van der Waals surface area contributed by atoms with Crippen LogP contribution in [0.1, 0.15) is 47.0 Å². The second-order valence-corrected chi connectivity index (χ2v) is 4.71. The Labute approximate surface area is 93.4 Å². The number of carboxylic acids is 1. The van der Waals surface area contributed by atoms with Crippen LogP contribution in [0, 0.1) is 17.8 Å². The number of allylic oxidation sites excluding steroid dienone is 2. The van der Waals surface area contributed by atoms with Gasteiger partial charge in [-0.1, -0.05) is 39.8 Å². The van der Waals surface area contributed by atoms with E-state index in [1.807, 2.05) is 6.92 Å². The van der Waals surface area contributed by atoms with Gasteiger partial charge in [0.2, 0.25) is 0 Å². The van der Waals surface area contributed by atoms with E-state index < -0.39 is 5.97 Å². The molecule has 0 aliphatic rings. The van der Waals surface area contributed by atoms with Crippen molar-refractivity contribution in [2.24, 2.45) is 17.8 Å². The second kappa shape index (κ2) is 7.49. The largest absolute Gasteiger partial charge is 0.481 e. The van der Waals surface area contributed by atoms with E-state index in [2.05, 4.69) is 32.9 Å². The topological polar surface area (TPSA) is 37.3 Å². The van der Waals surface area contributed by atoms with Crippen molar-refractivity contribution in [3.63, 3.8) is 0 Å². The third kappa shape index (κ3) is 7.18. The number of aliphatic carboxylic acids is 1. The van der Waals surface area contributed by atoms with Gasteiger partial charge < -0.3 is 5.11 Å². The molecule has 2 heteroatoms. The smallest absolute Gasteiger partial charge is 0.306 e. The Bertz CT molecular complexity index is 207. The Kier molecular flexibility index (Phi) is 7.10. The minimum atomic E-state index is -0.665. The van der Waals surface area contributed by atoms with Crippen molar-refractivity contribution in [2.75, 3.05) is 0 Å². The lowest BCUT2D eigenvalue weighted by molar-refractivity contribution is -0.142. The predicted molar refractivity (Wildman–Crippen MR) is 63.8 cm³/mol. The van der Waals surface area contributed by atoms with Gasteiger partial charge in [-0.05, 0) is 31.1 Å². The zero-order chi connectivity index (χ0) is 11.8. The Balaban J connectivity index is 3.95. The molecule has 1 N–H and O–H groups in total. The minimum Gasteiger partial charge on any atom is -0.481 e. The van der Waals surface area contributed by atoms with Gasteiger partial charge in [0.1, 0.15) is 0 Å². The fraction of sp³-hybridized carbons (Fsp3) is 0.769. The lowest BCUT2D eigenvalue weighted by Crippen LogP contribution is -2.15. The molecular formula is C13H24O2. The summed E-state index contributed by atoms with van der Waals surface area (Å²) in [6.07, 6.45) is 6.86. The highest BCUT2D eigenvalue weighted by Gasteiger charge is 2.16. The summed E-state index contributed by atoms with van der Waals surface area (Å²) in [5.41, 5.74) is 0. The molecule has 0 bridgehead atoms. The number of carbonyl (C=O) groups is 1. The van der Waals surface area contributed by atoms with Crippen LogP contribution in [0.25, 0.3) is 0 Å². The number of hydrogen-bond donors (Lipinski definition) is 1. The van der Waals surface area contributed by atoms with Gasteiger partial charge in [-0.15, -0.1) is 0 Å². The zero-order valence-corrected chi connectivity index (χ0v) is 10.4. The van der Waals surface area contributed by atoms with Crippen molar-refractivity contribution in [3.8, 4) is 0 Å². The van der Waals surface area contributed by atoms with Crippen LogP contribution in [0.3, 0.4) is 0 Å². The van der Waals surface area contributed by atoms with E-state index in [4.69, 9.17) is 5.11 Å². The highest BCUT2D eigenvalue weighted by atomic mass is 16.4. The average molecular weight is 212 g/mol. The van der Waals surface area contributed by atoms with E-state index in [1.165, 1.54) is 0 Å². The van der Waals surface area contributed by atoms with Gasteiger partial charge in [-0.2, -0.15) is 0 Å². The summed E-state index contributed by atoms with van der Waals surface area (Å²) in [5, 5.41) is 8.91. The van der Waals surface area contributed by atoms with Gasteiger partial charge in [0, 0.05) is 0 Å². The molecule has 15 heavy (non-hydrogen) atoms. The van der Waals surface area contributed by atoms with E-state index in [0.717, 1.165) is 19.3 Å². The normalized spacial score (nSPS) is 15.8. The van der Waals surface area contributed by atoms with Crippen LogP contribution in [0.15, 0.2) is 12.2 Å². The molecule has 0 fully saturated rings. The molecule has 2 nitrogen and oxygen atoms in total. The third-order valence-electron chi connectivity index (χ3n) is 2.57. The van der Waals surface area contributed by atoms with E-state index in [-0.39, 0.29) is 5.92 Å². The number of carboxylic acid groups (broad SMARTS) is 1. The van der Waals surface area contributed by atoms with Crippen molar-refractivity contribution >= 4 is 5.97 Å². The molecule has 0 amide bonds. The number of hydrogen-bond acceptors (Lipinski definition) is 1. The van der Waals surface area contributed by atoms with Gasteiger partial charge >= 0.3 is 5.97 Å². The molecule has 0 aromatic carbocycles. The van der Waals surface area contributed by atoms with Crippen LogP contribution in [-0.2, 0) is 4.79 Å². The first-order valence-electron chi connectivity index (χ1n) is 5.86. The second-order valence-electron chi connectivity index (χ2n) is 4.71. The fourth-order valence-corrected chi connectivity index (χ4v) is 1.55. The molecule has 0 rings (SSSR count). The highest BCUT2D eigenvalue weighted by Crippen LogP contribution is 2.17. The summed E-state index contributed by atoms with van der Waals surface area (Å²) in [6.45, 7) is 8.38. The summed E-state index contributed by atoms with van der Waals surface area (Å²) in [6, 6.07) is 0. The van der Waals surface area contributed by atoms with Gasteiger partial charge in [0.25, 0.3) is 0 Å². The van der Waals surface area contributed by atoms with Crippen LogP contribution in [0.5, 0.6) is 0 Å². The fourth-order valence-electron chi connectivity index (χ4n) is 1.55. The molecular weight excluding hydrogens is 188 g/mol. The van der Waals surface area contributed by atoms with E-state index >= 15 is 0 Å². The first-order chi connectivity index (χ1) is 6.97. The Morgan fingerprint density at radius 2 is 1.93 bits per heavy atom. The third-order valence-corrected chi connectivity index (χ3v) is 2.57. The quantitative estimate of drug-likeness (QED) is 0.653. The average Bonchev–Trinajstić information content (AvgIpc) is 2.13. The zero-order valence-electron chi connectivity index (χ0n) is 10.4. The summed E-state index contributed by atoms with van der Waals surface area (Å²) < 4.78 is 0. The maximum atomic E-state index is 10.8. The van der Waals surface area contributed by atoms with E-state index in [9.17, 15) is 4.79 Å². The lowest BCUT2D eigenvalue weighted by atomic mass is 9.93. The van der Waals surface area contributed by atoms with Crippen LogP contribution in [0.2, 0.25) is 0 Å². The predicted octanol–water partition coefficient (Wildman–Crippen LogP) is 3.73. The van der Waals surface area contributed by atoms with Crippen molar-refractivity contribution in [1.29, 1.82) is 0 Å². The van der Waals surface area contributed by atoms with Gasteiger partial charge in [0.05, 0.1) is 5.92 Å². The molecule has 0 saturated heterocycles. The summed E-state index contributed by atoms with van der Waals surface area (Å²) in [5.74, 6) is 0.185. The highest BCUT2D eigenvalue weighted by molar-refractivity contribution is 5.69. The SMILES string of the molecule is CCC(CC(C)/C=C\CC(C)C)C(=O)O. The van der Waals surface area contributed by atoms with Crippen LogP contribution in [0.4, 0.5) is 0 Å². The van der Waals surface area contributed by atoms with Crippen LogP contribution < -0.4 is 0 Å². The monoisotopic (exact) mass is 212 g/mol. The molecule has 0 radical (unpaired) electrons.